The number of rotatable bonds is 5. The van der Waals surface area contributed by atoms with E-state index in [1.807, 2.05) is 6.07 Å². The van der Waals surface area contributed by atoms with Gasteiger partial charge < -0.3 is 20.7 Å². The van der Waals surface area contributed by atoms with Crippen LogP contribution in [-0.4, -0.2) is 27.9 Å². The van der Waals surface area contributed by atoms with E-state index in [1.54, 1.807) is 12.1 Å². The molecule has 0 unspecified atom stereocenters. The first-order valence-electron chi connectivity index (χ1n) is 9.73. The van der Waals surface area contributed by atoms with Crippen molar-refractivity contribution in [1.29, 1.82) is 5.26 Å². The van der Waals surface area contributed by atoms with E-state index in [2.05, 4.69) is 15.6 Å². The lowest BCUT2D eigenvalue weighted by atomic mass is 10.1. The van der Waals surface area contributed by atoms with E-state index in [1.165, 1.54) is 24.3 Å². The lowest BCUT2D eigenvalue weighted by molar-refractivity contribution is 0.0697. The third-order valence-electron chi connectivity index (χ3n) is 4.95. The van der Waals surface area contributed by atoms with Gasteiger partial charge in [0.15, 0.2) is 0 Å². The number of carbonyl (C=O) groups excluding carboxylic acids is 2. The fraction of sp³-hybridized carbons (Fsp3) is 0. The first kappa shape index (κ1) is 22.2. The maximum atomic E-state index is 14.0. The van der Waals surface area contributed by atoms with Crippen LogP contribution >= 0.6 is 0 Å². The van der Waals surface area contributed by atoms with Gasteiger partial charge in [0.05, 0.1) is 39.7 Å². The van der Waals surface area contributed by atoms with Crippen LogP contribution in [0.1, 0.15) is 36.8 Å². The van der Waals surface area contributed by atoms with Crippen LogP contribution in [0.5, 0.6) is 0 Å². The highest BCUT2D eigenvalue weighted by Crippen LogP contribution is 2.26. The van der Waals surface area contributed by atoms with Crippen LogP contribution in [0.3, 0.4) is 0 Å². The SMILES string of the molecule is N#Cc1ccc(NC(=O)c2cc3cccc(NC(=O)c4ccc(F)cc4F)c3[nH]2)c(C(=O)O)c1. The Bertz CT molecular complexity index is 1520. The normalized spacial score (nSPS) is 10.5. The monoisotopic (exact) mass is 460 g/mol. The third-order valence-corrected chi connectivity index (χ3v) is 4.95. The summed E-state index contributed by atoms with van der Waals surface area (Å²) in [5.41, 5.74) is 0.180. The number of hydrogen-bond donors (Lipinski definition) is 4. The summed E-state index contributed by atoms with van der Waals surface area (Å²) in [5.74, 6) is -4.63. The number of carboxylic acids is 1. The van der Waals surface area contributed by atoms with Crippen molar-refractivity contribution < 1.29 is 28.3 Å². The van der Waals surface area contributed by atoms with E-state index in [0.717, 1.165) is 18.2 Å². The zero-order valence-electron chi connectivity index (χ0n) is 17.1. The van der Waals surface area contributed by atoms with E-state index in [9.17, 15) is 28.3 Å². The molecule has 0 saturated heterocycles. The van der Waals surface area contributed by atoms with Crippen molar-refractivity contribution in [3.63, 3.8) is 0 Å². The Hall–Kier alpha value is -5.04. The number of aromatic carboxylic acids is 1. The van der Waals surface area contributed by atoms with Crippen LogP contribution < -0.4 is 10.6 Å². The zero-order chi connectivity index (χ0) is 24.4. The van der Waals surface area contributed by atoms with Crippen molar-refractivity contribution in [1.82, 2.24) is 4.98 Å². The molecule has 0 radical (unpaired) electrons. The molecule has 4 N–H and O–H groups in total. The molecule has 34 heavy (non-hydrogen) atoms. The van der Waals surface area contributed by atoms with Crippen molar-refractivity contribution in [3.8, 4) is 6.07 Å². The fourth-order valence-corrected chi connectivity index (χ4v) is 3.34. The number of aromatic nitrogens is 1. The highest BCUT2D eigenvalue weighted by atomic mass is 19.1. The number of amides is 2. The summed E-state index contributed by atoms with van der Waals surface area (Å²) >= 11 is 0. The first-order valence-corrected chi connectivity index (χ1v) is 9.73. The standard InChI is InChI=1S/C24H14F2N4O4/c25-14-5-6-15(17(26)10-14)22(31)30-19-3-1-2-13-9-20(28-21(13)19)23(32)29-18-7-4-12(11-27)8-16(18)24(33)34/h1-10,28H,(H,29,32)(H,30,31)(H,33,34). The number of aromatic amines is 1. The molecule has 1 heterocycles. The number of fused-ring (bicyclic) bond motifs is 1. The van der Waals surface area contributed by atoms with Gasteiger partial charge in [0.2, 0.25) is 0 Å². The Morgan fingerprint density at radius 2 is 1.65 bits per heavy atom. The predicted molar refractivity (Wildman–Crippen MR) is 119 cm³/mol. The minimum atomic E-state index is -1.32. The number of halogens is 2. The number of carbonyl (C=O) groups is 3. The predicted octanol–water partition coefficient (Wildman–Crippen LogP) is 4.52. The Balaban J connectivity index is 1.62. The number of hydrogen-bond acceptors (Lipinski definition) is 4. The van der Waals surface area contributed by atoms with E-state index in [4.69, 9.17) is 5.26 Å². The van der Waals surface area contributed by atoms with Gasteiger partial charge in [0, 0.05) is 11.5 Å². The number of carboxylic acid groups (broad SMARTS) is 1. The number of para-hydroxylation sites is 1. The van der Waals surface area contributed by atoms with Crippen molar-refractivity contribution in [2.75, 3.05) is 10.6 Å². The minimum absolute atomic E-state index is 0.00420. The molecule has 3 aromatic carbocycles. The lowest BCUT2D eigenvalue weighted by Gasteiger charge is -2.08. The van der Waals surface area contributed by atoms with Gasteiger partial charge in [-0.15, -0.1) is 0 Å². The van der Waals surface area contributed by atoms with E-state index < -0.39 is 29.4 Å². The van der Waals surface area contributed by atoms with Crippen LogP contribution in [0.4, 0.5) is 20.2 Å². The second kappa shape index (κ2) is 8.84. The summed E-state index contributed by atoms with van der Waals surface area (Å²) in [6, 6.07) is 14.5. The Morgan fingerprint density at radius 3 is 2.35 bits per heavy atom. The molecule has 0 saturated carbocycles. The van der Waals surface area contributed by atoms with E-state index in [0.29, 0.717) is 17.0 Å². The molecule has 1 aromatic heterocycles. The summed E-state index contributed by atoms with van der Waals surface area (Å²) in [6.45, 7) is 0. The molecule has 0 aliphatic carbocycles. The maximum absolute atomic E-state index is 14.0. The van der Waals surface area contributed by atoms with Gasteiger partial charge in [-0.2, -0.15) is 5.26 Å². The Kier molecular flexibility index (Phi) is 5.76. The molecule has 0 aliphatic heterocycles. The smallest absolute Gasteiger partial charge is 0.337 e. The fourth-order valence-electron chi connectivity index (χ4n) is 3.34. The molecule has 4 aromatic rings. The van der Waals surface area contributed by atoms with Crippen LogP contribution in [0.2, 0.25) is 0 Å². The topological polar surface area (TPSA) is 135 Å². The average molecular weight is 460 g/mol. The molecule has 2 amide bonds. The van der Waals surface area contributed by atoms with Gasteiger partial charge in [-0.1, -0.05) is 12.1 Å². The van der Waals surface area contributed by atoms with Crippen molar-refractivity contribution in [3.05, 3.63) is 94.7 Å². The van der Waals surface area contributed by atoms with Gasteiger partial charge in [0.25, 0.3) is 11.8 Å². The number of anilines is 2. The Morgan fingerprint density at radius 1 is 0.882 bits per heavy atom. The minimum Gasteiger partial charge on any atom is -0.478 e. The van der Waals surface area contributed by atoms with E-state index >= 15 is 0 Å². The molecule has 0 aliphatic rings. The molecule has 0 atom stereocenters. The number of nitrogens with zero attached hydrogens (tertiary/aromatic N) is 1. The van der Waals surface area contributed by atoms with Crippen molar-refractivity contribution in [2.24, 2.45) is 0 Å². The number of benzene rings is 3. The highest BCUT2D eigenvalue weighted by Gasteiger charge is 2.18. The Labute approximate surface area is 190 Å². The number of H-pyrrole nitrogens is 1. The second-order valence-corrected chi connectivity index (χ2v) is 7.16. The number of nitriles is 1. The number of nitrogens with one attached hydrogen (secondary N) is 3. The van der Waals surface area contributed by atoms with Gasteiger partial charge >= 0.3 is 5.97 Å². The summed E-state index contributed by atoms with van der Waals surface area (Å²) in [5, 5.41) is 23.9. The lowest BCUT2D eigenvalue weighted by Crippen LogP contribution is -2.15. The molecule has 0 spiro atoms. The van der Waals surface area contributed by atoms with Crippen molar-refractivity contribution in [2.45, 2.75) is 0 Å². The van der Waals surface area contributed by atoms with Crippen LogP contribution in [0.15, 0.2) is 60.7 Å². The first-order chi connectivity index (χ1) is 16.3. The average Bonchev–Trinajstić information content (AvgIpc) is 3.25. The second-order valence-electron chi connectivity index (χ2n) is 7.16. The summed E-state index contributed by atoms with van der Waals surface area (Å²) in [4.78, 5) is 39.6. The van der Waals surface area contributed by atoms with E-state index in [-0.39, 0.29) is 33.8 Å². The van der Waals surface area contributed by atoms with Gasteiger partial charge in [0.1, 0.15) is 17.3 Å². The molecule has 0 bridgehead atoms. The quantitative estimate of drug-likeness (QED) is 0.347. The van der Waals surface area contributed by atoms with Gasteiger partial charge in [-0.3, -0.25) is 9.59 Å². The van der Waals surface area contributed by atoms with Gasteiger partial charge in [-0.25, -0.2) is 13.6 Å². The molecule has 4 rings (SSSR count). The van der Waals surface area contributed by atoms with Crippen LogP contribution in [0, 0.1) is 23.0 Å². The summed E-state index contributed by atoms with van der Waals surface area (Å²) in [6.07, 6.45) is 0. The maximum Gasteiger partial charge on any atom is 0.337 e. The molecular weight excluding hydrogens is 446 g/mol. The third kappa shape index (κ3) is 4.31. The highest BCUT2D eigenvalue weighted by molar-refractivity contribution is 6.12. The largest absolute Gasteiger partial charge is 0.478 e. The zero-order valence-corrected chi connectivity index (χ0v) is 17.1. The van der Waals surface area contributed by atoms with Crippen LogP contribution in [-0.2, 0) is 0 Å². The molecular formula is C24H14F2N4O4. The molecule has 168 valence electrons. The summed E-state index contributed by atoms with van der Waals surface area (Å²) in [7, 11) is 0. The van der Waals surface area contributed by atoms with Crippen molar-refractivity contribution >= 4 is 40.1 Å². The molecule has 8 nitrogen and oxygen atoms in total. The molecule has 10 heteroatoms. The van der Waals surface area contributed by atoms with Gasteiger partial charge in [-0.05, 0) is 42.5 Å². The molecule has 0 fully saturated rings. The van der Waals surface area contributed by atoms with Crippen LogP contribution in [0.25, 0.3) is 10.9 Å². The summed E-state index contributed by atoms with van der Waals surface area (Å²) < 4.78 is 27.1.